The lowest BCUT2D eigenvalue weighted by Gasteiger charge is -2.15. The van der Waals surface area contributed by atoms with Crippen molar-refractivity contribution in [2.24, 2.45) is 5.41 Å². The second-order valence-electron chi connectivity index (χ2n) is 5.65. The lowest BCUT2D eigenvalue weighted by Crippen LogP contribution is -2.42. The molecule has 1 aliphatic rings. The second kappa shape index (κ2) is 6.24. The molecule has 0 saturated heterocycles. The minimum atomic E-state index is -0.980. The molecule has 120 valence electrons. The van der Waals surface area contributed by atoms with Crippen molar-refractivity contribution >= 4 is 11.8 Å². The van der Waals surface area contributed by atoms with E-state index in [9.17, 15) is 14.0 Å². The lowest BCUT2D eigenvalue weighted by molar-refractivity contribution is -0.137. The Morgan fingerprint density at radius 1 is 1.04 bits per heavy atom. The van der Waals surface area contributed by atoms with E-state index >= 15 is 0 Å². The second-order valence-corrected chi connectivity index (χ2v) is 5.65. The van der Waals surface area contributed by atoms with Crippen LogP contribution >= 0.6 is 0 Å². The molecule has 23 heavy (non-hydrogen) atoms. The van der Waals surface area contributed by atoms with Crippen molar-refractivity contribution in [3.05, 3.63) is 59.8 Å². The first-order valence-electron chi connectivity index (χ1n) is 7.44. The summed E-state index contributed by atoms with van der Waals surface area (Å²) >= 11 is 0. The van der Waals surface area contributed by atoms with E-state index in [1.807, 2.05) is 0 Å². The highest BCUT2D eigenvalue weighted by Gasteiger charge is 2.56. The van der Waals surface area contributed by atoms with E-state index in [4.69, 9.17) is 4.42 Å². The maximum absolute atomic E-state index is 12.8. The van der Waals surface area contributed by atoms with Gasteiger partial charge in [-0.3, -0.25) is 9.59 Å². The number of carbonyl (C=O) groups is 2. The Kier molecular flexibility index (Phi) is 4.14. The molecule has 1 fully saturated rings. The summed E-state index contributed by atoms with van der Waals surface area (Å²) in [5.74, 6) is -0.263. The summed E-state index contributed by atoms with van der Waals surface area (Å²) < 4.78 is 18.0. The summed E-state index contributed by atoms with van der Waals surface area (Å²) in [7, 11) is 0. The van der Waals surface area contributed by atoms with Crippen molar-refractivity contribution in [1.82, 2.24) is 10.6 Å². The van der Waals surface area contributed by atoms with E-state index in [0.29, 0.717) is 18.6 Å². The van der Waals surface area contributed by atoms with Gasteiger partial charge in [0.2, 0.25) is 11.8 Å². The Morgan fingerprint density at radius 2 is 1.70 bits per heavy atom. The average molecular weight is 316 g/mol. The summed E-state index contributed by atoms with van der Waals surface area (Å²) in [6.07, 6.45) is 2.60. The first-order chi connectivity index (χ1) is 11.1. The SMILES string of the molecule is O=C(NCc1ccc(F)cc1)C1(C(=O)NCc2ccco2)CC1. The fourth-order valence-corrected chi connectivity index (χ4v) is 2.39. The zero-order valence-corrected chi connectivity index (χ0v) is 12.5. The minimum Gasteiger partial charge on any atom is -0.467 e. The van der Waals surface area contributed by atoms with Gasteiger partial charge < -0.3 is 15.1 Å². The maximum Gasteiger partial charge on any atom is 0.236 e. The molecular formula is C17H17FN2O3. The minimum absolute atomic E-state index is 0.263. The summed E-state index contributed by atoms with van der Waals surface area (Å²) in [6.45, 7) is 0.533. The zero-order valence-electron chi connectivity index (χ0n) is 12.5. The van der Waals surface area contributed by atoms with Crippen LogP contribution in [0.5, 0.6) is 0 Å². The van der Waals surface area contributed by atoms with Crippen LogP contribution in [-0.2, 0) is 22.7 Å². The lowest BCUT2D eigenvalue weighted by atomic mass is 10.0. The van der Waals surface area contributed by atoms with Gasteiger partial charge in [0.1, 0.15) is 17.0 Å². The van der Waals surface area contributed by atoms with E-state index in [-0.39, 0.29) is 30.7 Å². The molecule has 1 aromatic carbocycles. The van der Waals surface area contributed by atoms with Crippen LogP contribution in [0.25, 0.3) is 0 Å². The van der Waals surface area contributed by atoms with Crippen LogP contribution < -0.4 is 10.6 Å². The van der Waals surface area contributed by atoms with Crippen LogP contribution in [0.1, 0.15) is 24.2 Å². The summed E-state index contributed by atoms with van der Waals surface area (Å²) in [5.41, 5.74) is -0.196. The number of benzene rings is 1. The summed E-state index contributed by atoms with van der Waals surface area (Å²) in [6, 6.07) is 9.38. The molecule has 0 spiro atoms. The highest BCUT2D eigenvalue weighted by Crippen LogP contribution is 2.46. The molecule has 6 heteroatoms. The third-order valence-electron chi connectivity index (χ3n) is 3.99. The third-order valence-corrected chi connectivity index (χ3v) is 3.99. The average Bonchev–Trinajstić information content (AvgIpc) is 3.21. The monoisotopic (exact) mass is 316 g/mol. The van der Waals surface area contributed by atoms with Crippen molar-refractivity contribution in [3.63, 3.8) is 0 Å². The van der Waals surface area contributed by atoms with Crippen molar-refractivity contribution < 1.29 is 18.4 Å². The van der Waals surface area contributed by atoms with Crippen LogP contribution in [0, 0.1) is 11.2 Å². The predicted octanol–water partition coefficient (Wildman–Crippen LogP) is 2.13. The normalized spacial score (nSPS) is 15.0. The van der Waals surface area contributed by atoms with E-state index in [2.05, 4.69) is 10.6 Å². The fourth-order valence-electron chi connectivity index (χ4n) is 2.39. The first-order valence-corrected chi connectivity index (χ1v) is 7.44. The van der Waals surface area contributed by atoms with Crippen LogP contribution in [-0.4, -0.2) is 11.8 Å². The van der Waals surface area contributed by atoms with Crippen LogP contribution in [0.4, 0.5) is 4.39 Å². The van der Waals surface area contributed by atoms with Crippen LogP contribution in [0.3, 0.4) is 0 Å². The topological polar surface area (TPSA) is 71.3 Å². The standard InChI is InChI=1S/C17H17FN2O3/c18-13-5-3-12(4-6-13)10-19-15(21)17(7-8-17)16(22)20-11-14-2-1-9-23-14/h1-6,9H,7-8,10-11H2,(H,19,21)(H,20,22). The molecule has 1 aromatic heterocycles. The van der Waals surface area contributed by atoms with Crippen molar-refractivity contribution in [1.29, 1.82) is 0 Å². The van der Waals surface area contributed by atoms with Gasteiger partial charge in [0.25, 0.3) is 0 Å². The maximum atomic E-state index is 12.8. The molecule has 1 aliphatic carbocycles. The van der Waals surface area contributed by atoms with Gasteiger partial charge in [-0.15, -0.1) is 0 Å². The summed E-state index contributed by atoms with van der Waals surface area (Å²) in [5, 5.41) is 5.48. The highest BCUT2D eigenvalue weighted by molar-refractivity contribution is 6.07. The molecular weight excluding hydrogens is 299 g/mol. The largest absolute Gasteiger partial charge is 0.467 e. The molecule has 1 heterocycles. The molecule has 0 aliphatic heterocycles. The van der Waals surface area contributed by atoms with Crippen molar-refractivity contribution in [2.75, 3.05) is 0 Å². The van der Waals surface area contributed by atoms with E-state index in [1.54, 1.807) is 24.3 Å². The number of rotatable bonds is 6. The summed E-state index contributed by atoms with van der Waals surface area (Å²) in [4.78, 5) is 24.6. The molecule has 0 bridgehead atoms. The van der Waals surface area contributed by atoms with Gasteiger partial charge in [0, 0.05) is 6.54 Å². The van der Waals surface area contributed by atoms with Gasteiger partial charge in [-0.1, -0.05) is 12.1 Å². The van der Waals surface area contributed by atoms with E-state index < -0.39 is 5.41 Å². The Hall–Kier alpha value is -2.63. The molecule has 2 N–H and O–H groups in total. The Balaban J connectivity index is 1.53. The van der Waals surface area contributed by atoms with Crippen LogP contribution in [0.15, 0.2) is 47.1 Å². The predicted molar refractivity (Wildman–Crippen MR) is 80.5 cm³/mol. The fraction of sp³-hybridized carbons (Fsp3) is 0.294. The molecule has 3 rings (SSSR count). The highest BCUT2D eigenvalue weighted by atomic mass is 19.1. The van der Waals surface area contributed by atoms with E-state index in [0.717, 1.165) is 5.56 Å². The quantitative estimate of drug-likeness (QED) is 0.802. The number of halogens is 1. The Labute approximate surface area is 132 Å². The smallest absolute Gasteiger partial charge is 0.236 e. The number of hydrogen-bond acceptors (Lipinski definition) is 3. The van der Waals surface area contributed by atoms with Gasteiger partial charge in [-0.2, -0.15) is 0 Å². The van der Waals surface area contributed by atoms with Gasteiger partial charge in [-0.25, -0.2) is 4.39 Å². The van der Waals surface area contributed by atoms with Gasteiger partial charge in [0.05, 0.1) is 12.8 Å². The molecule has 2 amide bonds. The number of hydrogen-bond donors (Lipinski definition) is 2. The van der Waals surface area contributed by atoms with Crippen molar-refractivity contribution in [2.45, 2.75) is 25.9 Å². The van der Waals surface area contributed by atoms with E-state index in [1.165, 1.54) is 18.4 Å². The molecule has 1 saturated carbocycles. The van der Waals surface area contributed by atoms with Gasteiger partial charge in [-0.05, 0) is 42.7 Å². The number of furan rings is 1. The number of amides is 2. The Morgan fingerprint density at radius 3 is 2.26 bits per heavy atom. The molecule has 5 nitrogen and oxygen atoms in total. The third kappa shape index (κ3) is 3.41. The van der Waals surface area contributed by atoms with Gasteiger partial charge in [0.15, 0.2) is 0 Å². The molecule has 0 unspecified atom stereocenters. The molecule has 0 atom stereocenters. The van der Waals surface area contributed by atoms with Crippen LogP contribution in [0.2, 0.25) is 0 Å². The Bertz CT molecular complexity index is 691. The zero-order chi connectivity index (χ0) is 16.3. The molecule has 2 aromatic rings. The number of nitrogens with one attached hydrogen (secondary N) is 2. The number of carbonyl (C=O) groups excluding carboxylic acids is 2. The van der Waals surface area contributed by atoms with Gasteiger partial charge >= 0.3 is 0 Å². The first kappa shape index (κ1) is 15.3. The molecule has 0 radical (unpaired) electrons. The van der Waals surface area contributed by atoms with Crippen molar-refractivity contribution in [3.8, 4) is 0 Å².